The molecule has 2 N–H and O–H groups in total. The summed E-state index contributed by atoms with van der Waals surface area (Å²) in [6.07, 6.45) is 3.79. The van der Waals surface area contributed by atoms with Crippen LogP contribution >= 0.6 is 11.3 Å². The van der Waals surface area contributed by atoms with Crippen LogP contribution in [0, 0.1) is 0 Å². The molecule has 3 rings (SSSR count). The van der Waals surface area contributed by atoms with Gasteiger partial charge in [0.05, 0.1) is 18.2 Å². The highest BCUT2D eigenvalue weighted by atomic mass is 32.1. The van der Waals surface area contributed by atoms with E-state index in [-0.39, 0.29) is 0 Å². The van der Waals surface area contributed by atoms with Crippen molar-refractivity contribution in [1.82, 2.24) is 9.55 Å². The van der Waals surface area contributed by atoms with Gasteiger partial charge in [0.2, 0.25) is 0 Å². The van der Waals surface area contributed by atoms with Crippen molar-refractivity contribution >= 4 is 11.3 Å². The lowest BCUT2D eigenvalue weighted by molar-refractivity contribution is 0.804. The monoisotopic (exact) mass is 269 g/mol. The molecular weight excluding hydrogens is 254 g/mol. The Balaban J connectivity index is 1.85. The maximum atomic E-state index is 5.61. The van der Waals surface area contributed by atoms with Gasteiger partial charge in [0, 0.05) is 24.0 Å². The molecule has 0 spiro atoms. The number of thiophene rings is 1. The highest BCUT2D eigenvalue weighted by molar-refractivity contribution is 7.08. The molecular formula is C15H15N3S. The Morgan fingerprint density at radius 2 is 1.89 bits per heavy atom. The van der Waals surface area contributed by atoms with E-state index in [0.29, 0.717) is 6.54 Å². The summed E-state index contributed by atoms with van der Waals surface area (Å²) in [7, 11) is 0. The average molecular weight is 269 g/mol. The molecule has 0 aliphatic heterocycles. The fourth-order valence-corrected chi connectivity index (χ4v) is 2.72. The summed E-state index contributed by atoms with van der Waals surface area (Å²) in [6, 6.07) is 10.5. The van der Waals surface area contributed by atoms with Crippen LogP contribution in [-0.2, 0) is 13.1 Å². The summed E-state index contributed by atoms with van der Waals surface area (Å²) in [5, 5.41) is 4.23. The van der Waals surface area contributed by atoms with Crippen molar-refractivity contribution in [2.75, 3.05) is 0 Å². The van der Waals surface area contributed by atoms with Gasteiger partial charge in [-0.1, -0.05) is 24.3 Å². The summed E-state index contributed by atoms with van der Waals surface area (Å²) in [5.74, 6) is 0. The number of nitrogens with zero attached hydrogens (tertiary/aromatic N) is 2. The molecule has 0 aliphatic rings. The van der Waals surface area contributed by atoms with E-state index in [1.807, 2.05) is 12.5 Å². The van der Waals surface area contributed by atoms with E-state index in [2.05, 4.69) is 50.6 Å². The molecule has 2 heterocycles. The normalized spacial score (nSPS) is 10.8. The predicted octanol–water partition coefficient (Wildman–Crippen LogP) is 3.12. The van der Waals surface area contributed by atoms with E-state index >= 15 is 0 Å². The Morgan fingerprint density at radius 1 is 1.11 bits per heavy atom. The van der Waals surface area contributed by atoms with Crippen LogP contribution in [0.25, 0.3) is 11.3 Å². The van der Waals surface area contributed by atoms with Gasteiger partial charge in [0.25, 0.3) is 0 Å². The molecule has 0 fully saturated rings. The van der Waals surface area contributed by atoms with E-state index in [1.54, 1.807) is 11.3 Å². The third-order valence-electron chi connectivity index (χ3n) is 3.14. The van der Waals surface area contributed by atoms with Crippen LogP contribution in [0.5, 0.6) is 0 Å². The van der Waals surface area contributed by atoms with Gasteiger partial charge < -0.3 is 10.3 Å². The zero-order chi connectivity index (χ0) is 13.1. The van der Waals surface area contributed by atoms with E-state index in [4.69, 9.17) is 5.73 Å². The van der Waals surface area contributed by atoms with Crippen LogP contribution in [0.15, 0.2) is 53.6 Å². The molecule has 0 radical (unpaired) electrons. The highest BCUT2D eigenvalue weighted by Gasteiger charge is 2.05. The number of hydrogen-bond donors (Lipinski definition) is 1. The predicted molar refractivity (Wildman–Crippen MR) is 79.0 cm³/mol. The smallest absolute Gasteiger partial charge is 0.0954 e. The molecule has 0 aliphatic carbocycles. The van der Waals surface area contributed by atoms with E-state index < -0.39 is 0 Å². The van der Waals surface area contributed by atoms with Crippen LogP contribution in [0.2, 0.25) is 0 Å². The molecule has 0 atom stereocenters. The van der Waals surface area contributed by atoms with Crippen molar-refractivity contribution in [3.05, 3.63) is 64.7 Å². The van der Waals surface area contributed by atoms with Crippen molar-refractivity contribution < 1.29 is 0 Å². The first-order chi connectivity index (χ1) is 9.36. The molecule has 19 heavy (non-hydrogen) atoms. The Labute approximate surface area is 116 Å². The largest absolute Gasteiger partial charge is 0.326 e. The Hall–Kier alpha value is -1.91. The first kappa shape index (κ1) is 12.1. The lowest BCUT2D eigenvalue weighted by Crippen LogP contribution is -2.01. The third-order valence-corrected chi connectivity index (χ3v) is 3.82. The van der Waals surface area contributed by atoms with Crippen molar-refractivity contribution in [1.29, 1.82) is 0 Å². The molecule has 4 heteroatoms. The number of rotatable bonds is 4. The van der Waals surface area contributed by atoms with Gasteiger partial charge in [-0.15, -0.1) is 0 Å². The second-order valence-corrected chi connectivity index (χ2v) is 5.22. The molecule has 96 valence electrons. The molecule has 1 aromatic carbocycles. The maximum Gasteiger partial charge on any atom is 0.0954 e. The van der Waals surface area contributed by atoms with Gasteiger partial charge in [-0.25, -0.2) is 4.98 Å². The lowest BCUT2D eigenvalue weighted by Gasteiger charge is -2.08. The Morgan fingerprint density at radius 3 is 2.58 bits per heavy atom. The molecule has 3 aromatic rings. The molecule has 3 nitrogen and oxygen atoms in total. The molecule has 0 bridgehead atoms. The number of benzene rings is 1. The Kier molecular flexibility index (Phi) is 3.44. The number of imidazole rings is 1. The highest BCUT2D eigenvalue weighted by Crippen LogP contribution is 2.22. The van der Waals surface area contributed by atoms with Gasteiger partial charge in [-0.05, 0) is 22.6 Å². The third kappa shape index (κ3) is 2.59. The Bertz CT molecular complexity index is 638. The standard InChI is InChI=1S/C15H15N3S/c16-7-12-1-3-13(4-2-12)9-18-11-17-8-15(18)14-5-6-19-10-14/h1-6,8,10-11H,7,9,16H2. The first-order valence-electron chi connectivity index (χ1n) is 6.17. The second-order valence-electron chi connectivity index (χ2n) is 4.44. The fraction of sp³-hybridized carbons (Fsp3) is 0.133. The number of aromatic nitrogens is 2. The molecule has 2 aromatic heterocycles. The van der Waals surface area contributed by atoms with Crippen LogP contribution in [0.1, 0.15) is 11.1 Å². The van der Waals surface area contributed by atoms with Crippen molar-refractivity contribution in [3.8, 4) is 11.3 Å². The van der Waals surface area contributed by atoms with Crippen molar-refractivity contribution in [3.63, 3.8) is 0 Å². The van der Waals surface area contributed by atoms with Crippen LogP contribution in [-0.4, -0.2) is 9.55 Å². The maximum absolute atomic E-state index is 5.61. The minimum absolute atomic E-state index is 0.589. The minimum atomic E-state index is 0.589. The van der Waals surface area contributed by atoms with Gasteiger partial charge in [0.1, 0.15) is 0 Å². The summed E-state index contributed by atoms with van der Waals surface area (Å²) in [5.41, 5.74) is 10.4. The van der Waals surface area contributed by atoms with Gasteiger partial charge >= 0.3 is 0 Å². The molecule has 0 saturated carbocycles. The quantitative estimate of drug-likeness (QED) is 0.791. The van der Waals surface area contributed by atoms with E-state index in [0.717, 1.165) is 17.8 Å². The number of hydrogen-bond acceptors (Lipinski definition) is 3. The minimum Gasteiger partial charge on any atom is -0.326 e. The topological polar surface area (TPSA) is 43.8 Å². The van der Waals surface area contributed by atoms with Crippen LogP contribution in [0.3, 0.4) is 0 Å². The van der Waals surface area contributed by atoms with Crippen molar-refractivity contribution in [2.24, 2.45) is 5.73 Å². The molecule has 0 unspecified atom stereocenters. The van der Waals surface area contributed by atoms with Gasteiger partial charge in [-0.2, -0.15) is 11.3 Å². The summed E-state index contributed by atoms with van der Waals surface area (Å²) in [6.45, 7) is 1.42. The fourth-order valence-electron chi connectivity index (χ4n) is 2.07. The zero-order valence-electron chi connectivity index (χ0n) is 10.5. The summed E-state index contributed by atoms with van der Waals surface area (Å²) >= 11 is 1.70. The van der Waals surface area contributed by atoms with Gasteiger partial charge in [0.15, 0.2) is 0 Å². The second kappa shape index (κ2) is 5.38. The lowest BCUT2D eigenvalue weighted by atomic mass is 10.1. The molecule has 0 saturated heterocycles. The number of nitrogens with two attached hydrogens (primary N) is 1. The van der Waals surface area contributed by atoms with E-state index in [9.17, 15) is 0 Å². The SMILES string of the molecule is NCc1ccc(Cn2cncc2-c2ccsc2)cc1. The van der Waals surface area contributed by atoms with Crippen LogP contribution < -0.4 is 5.73 Å². The van der Waals surface area contributed by atoms with Crippen LogP contribution in [0.4, 0.5) is 0 Å². The van der Waals surface area contributed by atoms with E-state index in [1.165, 1.54) is 11.1 Å². The summed E-state index contributed by atoms with van der Waals surface area (Å²) < 4.78 is 2.17. The first-order valence-corrected chi connectivity index (χ1v) is 7.11. The summed E-state index contributed by atoms with van der Waals surface area (Å²) in [4.78, 5) is 4.26. The van der Waals surface area contributed by atoms with Crippen molar-refractivity contribution in [2.45, 2.75) is 13.1 Å². The molecule has 0 amide bonds. The zero-order valence-corrected chi connectivity index (χ0v) is 11.3. The van der Waals surface area contributed by atoms with Gasteiger partial charge in [-0.3, -0.25) is 0 Å². The average Bonchev–Trinajstić information content (AvgIpc) is 3.10.